The first-order valence-electron chi connectivity index (χ1n) is 7.35. The second kappa shape index (κ2) is 7.10. The van der Waals surface area contributed by atoms with Crippen LogP contribution in [0.4, 0.5) is 0 Å². The quantitative estimate of drug-likeness (QED) is 0.800. The fraction of sp³-hybridized carbons (Fsp3) is 0.467. The molecule has 0 radical (unpaired) electrons. The van der Waals surface area contributed by atoms with Crippen molar-refractivity contribution in [2.75, 3.05) is 27.7 Å². The summed E-state index contributed by atoms with van der Waals surface area (Å²) in [7, 11) is 5.29. The summed E-state index contributed by atoms with van der Waals surface area (Å²) in [6.07, 6.45) is -0.127. The van der Waals surface area contributed by atoms with Gasteiger partial charge in [-0.1, -0.05) is 0 Å². The average Bonchev–Trinajstić information content (AvgIpc) is 2.80. The standard InChI is InChI=1S/C15H20N4O4S/c1-8-11-13(22)16-9(7-18(2)3)17-14(11)24-12(8)15(23)19(4)6-5-10(20)21/h5-7H2,1-4H3,(H,20,21)(H,16,17,22). The Balaban J connectivity index is 2.40. The smallest absolute Gasteiger partial charge is 0.305 e. The van der Waals surface area contributed by atoms with E-state index in [1.54, 1.807) is 14.0 Å². The summed E-state index contributed by atoms with van der Waals surface area (Å²) in [6.45, 7) is 2.31. The van der Waals surface area contributed by atoms with Gasteiger partial charge in [0.1, 0.15) is 10.7 Å². The molecule has 0 fully saturated rings. The minimum Gasteiger partial charge on any atom is -0.481 e. The van der Waals surface area contributed by atoms with E-state index in [0.717, 1.165) is 11.3 Å². The van der Waals surface area contributed by atoms with Crippen molar-refractivity contribution in [2.45, 2.75) is 19.9 Å². The van der Waals surface area contributed by atoms with Crippen LogP contribution < -0.4 is 5.56 Å². The monoisotopic (exact) mass is 352 g/mol. The Morgan fingerprint density at radius 2 is 1.96 bits per heavy atom. The first-order chi connectivity index (χ1) is 11.2. The topological polar surface area (TPSA) is 107 Å². The summed E-state index contributed by atoms with van der Waals surface area (Å²) < 4.78 is 0. The summed E-state index contributed by atoms with van der Waals surface area (Å²) >= 11 is 1.16. The lowest BCUT2D eigenvalue weighted by atomic mass is 10.2. The maximum Gasteiger partial charge on any atom is 0.305 e. The fourth-order valence-electron chi connectivity index (χ4n) is 2.31. The van der Waals surface area contributed by atoms with Crippen molar-refractivity contribution >= 4 is 33.4 Å². The van der Waals surface area contributed by atoms with Crippen molar-refractivity contribution in [3.63, 3.8) is 0 Å². The van der Waals surface area contributed by atoms with Crippen LogP contribution in [0.1, 0.15) is 27.5 Å². The van der Waals surface area contributed by atoms with Gasteiger partial charge < -0.3 is 19.9 Å². The molecule has 0 aliphatic rings. The Hall–Kier alpha value is -2.26. The van der Waals surface area contributed by atoms with Crippen molar-refractivity contribution < 1.29 is 14.7 Å². The maximum absolute atomic E-state index is 12.5. The van der Waals surface area contributed by atoms with E-state index in [1.807, 2.05) is 19.0 Å². The molecule has 130 valence electrons. The summed E-state index contributed by atoms with van der Waals surface area (Å²) in [6, 6.07) is 0. The number of aromatic nitrogens is 2. The van der Waals surface area contributed by atoms with Gasteiger partial charge in [0, 0.05) is 13.6 Å². The van der Waals surface area contributed by atoms with Crippen LogP contribution in [0, 0.1) is 6.92 Å². The number of aryl methyl sites for hydroxylation is 1. The number of nitrogens with zero attached hydrogens (tertiary/aromatic N) is 3. The number of hydrogen-bond acceptors (Lipinski definition) is 6. The highest BCUT2D eigenvalue weighted by Crippen LogP contribution is 2.28. The van der Waals surface area contributed by atoms with Crippen LogP contribution in [0.15, 0.2) is 4.79 Å². The number of carbonyl (C=O) groups is 2. The molecule has 8 nitrogen and oxygen atoms in total. The van der Waals surface area contributed by atoms with Crippen LogP contribution in [-0.4, -0.2) is 64.4 Å². The maximum atomic E-state index is 12.5. The van der Waals surface area contributed by atoms with Gasteiger partial charge in [-0.2, -0.15) is 0 Å². The van der Waals surface area contributed by atoms with E-state index in [9.17, 15) is 14.4 Å². The number of thiophene rings is 1. The molecule has 2 rings (SSSR count). The van der Waals surface area contributed by atoms with E-state index < -0.39 is 5.97 Å². The van der Waals surface area contributed by atoms with Crippen molar-refractivity contribution in [2.24, 2.45) is 0 Å². The SMILES string of the molecule is Cc1c(C(=O)N(C)CCC(=O)O)sc2nc(CN(C)C)[nH]c(=O)c12. The lowest BCUT2D eigenvalue weighted by Gasteiger charge is -2.15. The number of carboxylic acids is 1. The third kappa shape index (κ3) is 3.80. The number of carbonyl (C=O) groups excluding carboxylic acids is 1. The number of hydrogen-bond donors (Lipinski definition) is 2. The van der Waals surface area contributed by atoms with Crippen LogP contribution in [0.5, 0.6) is 0 Å². The zero-order valence-electron chi connectivity index (χ0n) is 14.0. The van der Waals surface area contributed by atoms with Crippen molar-refractivity contribution in [1.82, 2.24) is 19.8 Å². The summed E-state index contributed by atoms with van der Waals surface area (Å²) in [5.74, 6) is -0.726. The molecule has 2 heterocycles. The Labute approximate surface area is 142 Å². The zero-order valence-corrected chi connectivity index (χ0v) is 14.9. The molecule has 0 spiro atoms. The van der Waals surface area contributed by atoms with E-state index in [1.165, 1.54) is 4.90 Å². The number of fused-ring (bicyclic) bond motifs is 1. The number of rotatable bonds is 6. The van der Waals surface area contributed by atoms with Crippen LogP contribution in [-0.2, 0) is 11.3 Å². The Morgan fingerprint density at radius 1 is 1.29 bits per heavy atom. The molecule has 9 heteroatoms. The third-order valence-corrected chi connectivity index (χ3v) is 4.69. The van der Waals surface area contributed by atoms with Crippen LogP contribution in [0.25, 0.3) is 10.2 Å². The highest BCUT2D eigenvalue weighted by molar-refractivity contribution is 7.20. The zero-order chi connectivity index (χ0) is 18.0. The minimum absolute atomic E-state index is 0.109. The third-order valence-electron chi connectivity index (χ3n) is 3.52. The lowest BCUT2D eigenvalue weighted by Crippen LogP contribution is -2.28. The molecular weight excluding hydrogens is 332 g/mol. The summed E-state index contributed by atoms with van der Waals surface area (Å²) in [4.78, 5) is 46.8. The van der Waals surface area contributed by atoms with E-state index in [2.05, 4.69) is 9.97 Å². The van der Waals surface area contributed by atoms with Gasteiger partial charge in [0.25, 0.3) is 11.5 Å². The molecule has 0 bridgehead atoms. The average molecular weight is 352 g/mol. The minimum atomic E-state index is -0.964. The van der Waals surface area contributed by atoms with E-state index >= 15 is 0 Å². The van der Waals surface area contributed by atoms with Crippen LogP contribution in [0.2, 0.25) is 0 Å². The molecule has 0 saturated carbocycles. The molecule has 0 aliphatic carbocycles. The molecular formula is C15H20N4O4S. The molecule has 0 unspecified atom stereocenters. The predicted molar refractivity (Wildman–Crippen MR) is 91.6 cm³/mol. The number of aromatic amines is 1. The molecule has 0 saturated heterocycles. The van der Waals surface area contributed by atoms with Crippen molar-refractivity contribution in [1.29, 1.82) is 0 Å². The van der Waals surface area contributed by atoms with Crippen LogP contribution >= 0.6 is 11.3 Å². The predicted octanol–water partition coefficient (Wildman–Crippen LogP) is 0.901. The lowest BCUT2D eigenvalue weighted by molar-refractivity contribution is -0.137. The number of amides is 1. The number of nitrogens with one attached hydrogen (secondary N) is 1. The van der Waals surface area contributed by atoms with Gasteiger partial charge >= 0.3 is 5.97 Å². The fourth-order valence-corrected chi connectivity index (χ4v) is 3.50. The summed E-state index contributed by atoms with van der Waals surface area (Å²) in [5, 5.41) is 9.14. The number of carboxylic acid groups (broad SMARTS) is 1. The van der Waals surface area contributed by atoms with Gasteiger partial charge in [0.15, 0.2) is 0 Å². The molecule has 1 amide bonds. The molecule has 2 N–H and O–H groups in total. The Morgan fingerprint density at radius 3 is 2.54 bits per heavy atom. The van der Waals surface area contributed by atoms with Crippen LogP contribution in [0.3, 0.4) is 0 Å². The molecule has 24 heavy (non-hydrogen) atoms. The number of H-pyrrole nitrogens is 1. The normalized spacial score (nSPS) is 11.2. The summed E-state index contributed by atoms with van der Waals surface area (Å²) in [5.41, 5.74) is 0.310. The van der Waals surface area contributed by atoms with E-state index in [-0.39, 0.29) is 24.4 Å². The molecule has 0 atom stereocenters. The second-order valence-corrected chi connectivity index (χ2v) is 6.86. The van der Waals surface area contributed by atoms with Gasteiger partial charge in [-0.3, -0.25) is 14.4 Å². The Bertz CT molecular complexity index is 840. The first-order valence-corrected chi connectivity index (χ1v) is 8.16. The Kier molecular flexibility index (Phi) is 5.35. The van der Waals surface area contributed by atoms with Gasteiger partial charge in [0.2, 0.25) is 0 Å². The van der Waals surface area contributed by atoms with Gasteiger partial charge in [-0.25, -0.2) is 4.98 Å². The molecule has 2 aromatic heterocycles. The van der Waals surface area contributed by atoms with E-state index in [4.69, 9.17) is 5.11 Å². The largest absolute Gasteiger partial charge is 0.481 e. The number of aliphatic carboxylic acids is 1. The molecule has 2 aromatic rings. The highest BCUT2D eigenvalue weighted by atomic mass is 32.1. The highest BCUT2D eigenvalue weighted by Gasteiger charge is 2.22. The second-order valence-electron chi connectivity index (χ2n) is 5.86. The van der Waals surface area contributed by atoms with Gasteiger partial charge in [-0.15, -0.1) is 11.3 Å². The molecule has 0 aliphatic heterocycles. The van der Waals surface area contributed by atoms with Crippen molar-refractivity contribution in [3.8, 4) is 0 Å². The van der Waals surface area contributed by atoms with E-state index in [0.29, 0.717) is 33.0 Å². The van der Waals surface area contributed by atoms with Crippen molar-refractivity contribution in [3.05, 3.63) is 26.6 Å². The van der Waals surface area contributed by atoms with Gasteiger partial charge in [0.05, 0.1) is 23.2 Å². The first kappa shape index (κ1) is 18.1. The molecule has 0 aromatic carbocycles. The van der Waals surface area contributed by atoms with Gasteiger partial charge in [-0.05, 0) is 26.6 Å².